The van der Waals surface area contributed by atoms with Gasteiger partial charge in [0, 0.05) is 31.0 Å². The molecule has 1 unspecified atom stereocenters. The summed E-state index contributed by atoms with van der Waals surface area (Å²) in [5.41, 5.74) is 0.600. The van der Waals surface area contributed by atoms with Crippen LogP contribution in [0.1, 0.15) is 19.5 Å². The highest BCUT2D eigenvalue weighted by Gasteiger charge is 2.19. The van der Waals surface area contributed by atoms with Crippen molar-refractivity contribution in [1.29, 1.82) is 0 Å². The van der Waals surface area contributed by atoms with E-state index < -0.39 is 10.0 Å². The number of hydrogen-bond acceptors (Lipinski definition) is 4. The van der Waals surface area contributed by atoms with Gasteiger partial charge in [0.1, 0.15) is 0 Å². The number of nitrogens with zero attached hydrogens (tertiary/aromatic N) is 2. The van der Waals surface area contributed by atoms with Crippen LogP contribution in [0.3, 0.4) is 0 Å². The average molecular weight is 289 g/mol. The van der Waals surface area contributed by atoms with Crippen LogP contribution in [0.4, 0.5) is 0 Å². The zero-order valence-corrected chi connectivity index (χ0v) is 12.7. The van der Waals surface area contributed by atoms with Crippen LogP contribution in [0.2, 0.25) is 0 Å². The molecule has 0 saturated carbocycles. The molecular weight excluding hydrogens is 266 g/mol. The van der Waals surface area contributed by atoms with Crippen LogP contribution in [0.15, 0.2) is 17.2 Å². The van der Waals surface area contributed by atoms with Crippen molar-refractivity contribution < 1.29 is 13.5 Å². The molecule has 0 aliphatic heterocycles. The van der Waals surface area contributed by atoms with E-state index in [1.54, 1.807) is 10.8 Å². The number of hydrogen-bond donors (Lipinski definition) is 2. The van der Waals surface area contributed by atoms with Crippen LogP contribution in [0.25, 0.3) is 0 Å². The highest BCUT2D eigenvalue weighted by Crippen LogP contribution is 2.14. The summed E-state index contributed by atoms with van der Waals surface area (Å²) in [5.74, 6) is 0. The lowest BCUT2D eigenvalue weighted by atomic mass is 10.3. The van der Waals surface area contributed by atoms with Gasteiger partial charge in [0.05, 0.1) is 11.5 Å². The lowest BCUT2D eigenvalue weighted by Gasteiger charge is -2.19. The van der Waals surface area contributed by atoms with E-state index in [0.29, 0.717) is 18.8 Å². The van der Waals surface area contributed by atoms with E-state index in [0.717, 1.165) is 0 Å². The number of rotatable bonds is 7. The van der Waals surface area contributed by atoms with Crippen molar-refractivity contribution in [1.82, 2.24) is 14.2 Å². The predicted molar refractivity (Wildman–Crippen MR) is 74.4 cm³/mol. The summed E-state index contributed by atoms with van der Waals surface area (Å²) < 4.78 is 28.6. The van der Waals surface area contributed by atoms with Crippen LogP contribution >= 0.6 is 0 Å². The van der Waals surface area contributed by atoms with Crippen molar-refractivity contribution in [3.05, 3.63) is 18.0 Å². The van der Waals surface area contributed by atoms with Crippen LogP contribution < -0.4 is 4.72 Å². The molecule has 2 N–H and O–H groups in total. The maximum atomic E-state index is 12.1. The minimum absolute atomic E-state index is 0.111. The zero-order valence-electron chi connectivity index (χ0n) is 11.9. The molecule has 0 aliphatic carbocycles. The third-order valence-corrected chi connectivity index (χ3v) is 4.61. The molecule has 6 nitrogen and oxygen atoms in total. The average Bonchev–Trinajstić information content (AvgIpc) is 2.79. The lowest BCUT2D eigenvalue weighted by Crippen LogP contribution is -2.38. The van der Waals surface area contributed by atoms with Crippen molar-refractivity contribution in [3.63, 3.8) is 0 Å². The van der Waals surface area contributed by atoms with Crippen molar-refractivity contribution in [3.8, 4) is 0 Å². The molecule has 1 aromatic rings. The third-order valence-electron chi connectivity index (χ3n) is 3.22. The Balaban J connectivity index is 2.85. The topological polar surface area (TPSA) is 74.6 Å². The van der Waals surface area contributed by atoms with Gasteiger partial charge < -0.3 is 14.6 Å². The van der Waals surface area contributed by atoms with Gasteiger partial charge in [-0.05, 0) is 34.0 Å². The summed E-state index contributed by atoms with van der Waals surface area (Å²) in [6.45, 7) is 4.65. The molecule has 0 aliphatic rings. The molecule has 0 saturated heterocycles. The fraction of sp³-hybridized carbons (Fsp3) is 0.667. The van der Waals surface area contributed by atoms with Gasteiger partial charge in [-0.1, -0.05) is 0 Å². The molecule has 1 atom stereocenters. The van der Waals surface area contributed by atoms with E-state index in [4.69, 9.17) is 0 Å². The summed E-state index contributed by atoms with van der Waals surface area (Å²) in [6.07, 6.45) is 1.55. The Kier molecular flexibility index (Phi) is 5.54. The first-order chi connectivity index (χ1) is 8.81. The van der Waals surface area contributed by atoms with E-state index in [2.05, 4.69) is 4.72 Å². The highest BCUT2D eigenvalue weighted by atomic mass is 32.2. The number of likely N-dealkylation sites (N-methyl/N-ethyl adjacent to an activating group) is 1. The molecule has 1 heterocycles. The Hall–Kier alpha value is -0.890. The first-order valence-electron chi connectivity index (χ1n) is 6.27. The van der Waals surface area contributed by atoms with Gasteiger partial charge in [-0.15, -0.1) is 0 Å². The number of aryl methyl sites for hydroxylation is 1. The predicted octanol–water partition coefficient (Wildman–Crippen LogP) is 0.229. The van der Waals surface area contributed by atoms with Gasteiger partial charge in [-0.3, -0.25) is 0 Å². The van der Waals surface area contributed by atoms with Crippen LogP contribution in [0, 0.1) is 0 Å². The van der Waals surface area contributed by atoms with E-state index in [9.17, 15) is 13.5 Å². The third kappa shape index (κ3) is 4.04. The van der Waals surface area contributed by atoms with Gasteiger partial charge in [0.2, 0.25) is 10.0 Å². The van der Waals surface area contributed by atoms with Gasteiger partial charge in [0.25, 0.3) is 0 Å². The minimum Gasteiger partial charge on any atom is -0.390 e. The van der Waals surface area contributed by atoms with Gasteiger partial charge in [0.15, 0.2) is 0 Å². The summed E-state index contributed by atoms with van der Waals surface area (Å²) in [7, 11) is 0.279. The molecule has 0 radical (unpaired) electrons. The van der Waals surface area contributed by atoms with E-state index in [-0.39, 0.29) is 17.5 Å². The molecule has 0 aromatic carbocycles. The number of nitrogens with one attached hydrogen (secondary N) is 1. The molecule has 110 valence electrons. The molecular formula is C12H23N3O3S. The molecule has 1 rings (SSSR count). The van der Waals surface area contributed by atoms with Crippen LogP contribution in [-0.2, 0) is 23.2 Å². The monoisotopic (exact) mass is 289 g/mol. The second kappa shape index (κ2) is 6.51. The summed E-state index contributed by atoms with van der Waals surface area (Å²) >= 11 is 0. The second-order valence-electron chi connectivity index (χ2n) is 4.78. The van der Waals surface area contributed by atoms with E-state index in [1.165, 1.54) is 6.07 Å². The second-order valence-corrected chi connectivity index (χ2v) is 6.54. The summed E-state index contributed by atoms with van der Waals surface area (Å²) in [5, 5.41) is 9.18. The molecule has 19 heavy (non-hydrogen) atoms. The van der Waals surface area contributed by atoms with Gasteiger partial charge in [-0.2, -0.15) is 0 Å². The van der Waals surface area contributed by atoms with Gasteiger partial charge in [-0.25, -0.2) is 13.1 Å². The number of aromatic nitrogens is 1. The zero-order chi connectivity index (χ0) is 14.6. The van der Waals surface area contributed by atoms with E-state index >= 15 is 0 Å². The fourth-order valence-corrected chi connectivity index (χ4v) is 2.78. The molecule has 7 heteroatoms. The number of sulfonamides is 1. The quantitative estimate of drug-likeness (QED) is 0.753. The van der Waals surface area contributed by atoms with Crippen LogP contribution in [-0.4, -0.2) is 49.7 Å². The molecule has 0 amide bonds. The Morgan fingerprint density at radius 1 is 1.47 bits per heavy atom. The molecule has 0 fully saturated rings. The molecule has 0 spiro atoms. The standard InChI is InChI=1S/C12H23N3O3S/c1-5-15-8-12(6-11(15)9-16)19(17,18)13-7-10(2)14(3)4/h6,8,10,13,16H,5,7,9H2,1-4H3. The van der Waals surface area contributed by atoms with Gasteiger partial charge >= 0.3 is 0 Å². The van der Waals surface area contributed by atoms with E-state index in [1.807, 2.05) is 32.8 Å². The number of aliphatic hydroxyl groups excluding tert-OH is 1. The Morgan fingerprint density at radius 3 is 2.53 bits per heavy atom. The SMILES string of the molecule is CCn1cc(S(=O)(=O)NCC(C)N(C)C)cc1CO. The number of aliphatic hydroxyl groups is 1. The first kappa shape index (κ1) is 16.2. The van der Waals surface area contributed by atoms with Crippen molar-refractivity contribution in [2.45, 2.75) is 37.9 Å². The Labute approximate surface area is 115 Å². The summed E-state index contributed by atoms with van der Waals surface area (Å²) in [4.78, 5) is 2.14. The normalized spacial score (nSPS) is 14.0. The summed E-state index contributed by atoms with van der Waals surface area (Å²) in [6, 6.07) is 1.62. The maximum Gasteiger partial charge on any atom is 0.242 e. The highest BCUT2D eigenvalue weighted by molar-refractivity contribution is 7.89. The lowest BCUT2D eigenvalue weighted by molar-refractivity contribution is 0.271. The molecule has 1 aromatic heterocycles. The first-order valence-corrected chi connectivity index (χ1v) is 7.76. The Bertz CT molecular complexity index is 487. The van der Waals surface area contributed by atoms with Crippen molar-refractivity contribution in [2.75, 3.05) is 20.6 Å². The fourth-order valence-electron chi connectivity index (χ4n) is 1.59. The minimum atomic E-state index is -3.52. The van der Waals surface area contributed by atoms with Crippen molar-refractivity contribution in [2.24, 2.45) is 0 Å². The Morgan fingerprint density at radius 2 is 2.11 bits per heavy atom. The molecule has 0 bridgehead atoms. The van der Waals surface area contributed by atoms with Crippen LogP contribution in [0.5, 0.6) is 0 Å². The maximum absolute atomic E-state index is 12.1. The largest absolute Gasteiger partial charge is 0.390 e. The van der Waals surface area contributed by atoms with Crippen molar-refractivity contribution >= 4 is 10.0 Å². The smallest absolute Gasteiger partial charge is 0.242 e.